The van der Waals surface area contributed by atoms with Gasteiger partial charge in [0.15, 0.2) is 0 Å². The first-order valence-electron chi connectivity index (χ1n) is 11.8. The van der Waals surface area contributed by atoms with Crippen LogP contribution in [0.3, 0.4) is 0 Å². The Kier molecular flexibility index (Phi) is 8.23. The van der Waals surface area contributed by atoms with Crippen molar-refractivity contribution in [2.24, 2.45) is 5.92 Å². The van der Waals surface area contributed by atoms with Gasteiger partial charge in [0.1, 0.15) is 0 Å². The van der Waals surface area contributed by atoms with Gasteiger partial charge in [0.05, 0.1) is 16.3 Å². The molecule has 0 atom stereocenters. The number of aryl methyl sites for hydroxylation is 1. The Hall–Kier alpha value is -2.92. The summed E-state index contributed by atoms with van der Waals surface area (Å²) in [6.45, 7) is 2.38. The average molecular weight is 562 g/mol. The van der Waals surface area contributed by atoms with Gasteiger partial charge in [-0.05, 0) is 67.3 Å². The van der Waals surface area contributed by atoms with Crippen LogP contribution in [0.1, 0.15) is 24.0 Å². The molecule has 0 bridgehead atoms. The van der Waals surface area contributed by atoms with Gasteiger partial charge in [-0.1, -0.05) is 48.0 Å². The number of rotatable bonds is 8. The highest BCUT2D eigenvalue weighted by molar-refractivity contribution is 7.92. The number of sulfonamides is 2. The van der Waals surface area contributed by atoms with E-state index in [-0.39, 0.29) is 35.6 Å². The van der Waals surface area contributed by atoms with E-state index in [0.717, 1.165) is 11.1 Å². The molecule has 3 aromatic carbocycles. The number of nitrogens with zero attached hydrogens (tertiary/aromatic N) is 1. The van der Waals surface area contributed by atoms with Crippen LogP contribution in [-0.2, 0) is 30.6 Å². The molecule has 0 unspecified atom stereocenters. The average Bonchev–Trinajstić information content (AvgIpc) is 2.87. The summed E-state index contributed by atoms with van der Waals surface area (Å²) >= 11 is 6.08. The second-order valence-electron chi connectivity index (χ2n) is 9.00. The molecule has 0 radical (unpaired) electrons. The number of benzene rings is 3. The summed E-state index contributed by atoms with van der Waals surface area (Å²) in [4.78, 5) is 12.8. The summed E-state index contributed by atoms with van der Waals surface area (Å²) in [7, 11) is -7.29. The molecule has 0 aromatic heterocycles. The van der Waals surface area contributed by atoms with Crippen molar-refractivity contribution in [3.05, 3.63) is 88.9 Å². The van der Waals surface area contributed by atoms with E-state index >= 15 is 0 Å². The second kappa shape index (κ2) is 11.2. The lowest BCUT2D eigenvalue weighted by Gasteiger charge is -2.30. The monoisotopic (exact) mass is 561 g/mol. The van der Waals surface area contributed by atoms with Gasteiger partial charge in [0.2, 0.25) is 15.9 Å². The second-order valence-corrected chi connectivity index (χ2v) is 13.1. The molecule has 0 spiro atoms. The van der Waals surface area contributed by atoms with Crippen LogP contribution < -0.4 is 10.0 Å². The molecule has 196 valence electrons. The van der Waals surface area contributed by atoms with Crippen LogP contribution in [0.4, 0.5) is 11.4 Å². The maximum Gasteiger partial charge on any atom is 0.261 e. The lowest BCUT2D eigenvalue weighted by Crippen LogP contribution is -2.41. The molecule has 1 aliphatic rings. The summed E-state index contributed by atoms with van der Waals surface area (Å²) in [5.74, 6) is -0.617. The van der Waals surface area contributed by atoms with Gasteiger partial charge >= 0.3 is 0 Å². The Bertz CT molecular complexity index is 1470. The quantitative estimate of drug-likeness (QED) is 0.416. The van der Waals surface area contributed by atoms with Gasteiger partial charge in [-0.25, -0.2) is 21.1 Å². The highest BCUT2D eigenvalue weighted by Crippen LogP contribution is 2.25. The van der Waals surface area contributed by atoms with Crippen LogP contribution in [0.25, 0.3) is 0 Å². The topological polar surface area (TPSA) is 113 Å². The smallest absolute Gasteiger partial charge is 0.261 e. The van der Waals surface area contributed by atoms with Gasteiger partial charge in [-0.3, -0.25) is 9.52 Å². The molecule has 1 saturated heterocycles. The van der Waals surface area contributed by atoms with Crippen LogP contribution in [0.5, 0.6) is 0 Å². The van der Waals surface area contributed by atoms with Crippen LogP contribution in [-0.4, -0.2) is 40.1 Å². The molecule has 1 amide bonds. The minimum absolute atomic E-state index is 0.0409. The van der Waals surface area contributed by atoms with E-state index in [4.69, 9.17) is 11.6 Å². The fraction of sp³-hybridized carbons (Fsp3) is 0.269. The number of amides is 1. The Morgan fingerprint density at radius 2 is 1.54 bits per heavy atom. The maximum absolute atomic E-state index is 12.8. The standard InChI is InChI=1S/C26H28ClN3O5S2/c1-19-7-8-23(17-25(19)27)29-37(34,35)24-11-9-22(10-12-24)28-26(31)21-13-15-30(16-14-21)36(32,33)18-20-5-3-2-4-6-20/h2-12,17,21,29H,13-16,18H2,1H3,(H,28,31). The van der Waals surface area contributed by atoms with Gasteiger partial charge in [0, 0.05) is 29.7 Å². The molecule has 3 aromatic rings. The molecule has 37 heavy (non-hydrogen) atoms. The molecule has 11 heteroatoms. The molecular weight excluding hydrogens is 534 g/mol. The Morgan fingerprint density at radius 1 is 0.919 bits per heavy atom. The predicted molar refractivity (Wildman–Crippen MR) is 145 cm³/mol. The third-order valence-electron chi connectivity index (χ3n) is 6.27. The van der Waals surface area contributed by atoms with Crippen LogP contribution in [0.15, 0.2) is 77.7 Å². The van der Waals surface area contributed by atoms with E-state index in [1.807, 2.05) is 13.0 Å². The van der Waals surface area contributed by atoms with Crippen molar-refractivity contribution in [3.63, 3.8) is 0 Å². The number of hydrogen-bond donors (Lipinski definition) is 2. The molecule has 2 N–H and O–H groups in total. The maximum atomic E-state index is 12.8. The lowest BCUT2D eigenvalue weighted by atomic mass is 9.97. The number of carbonyl (C=O) groups is 1. The van der Waals surface area contributed by atoms with Crippen molar-refractivity contribution in [3.8, 4) is 0 Å². The third-order valence-corrected chi connectivity index (χ3v) is 9.92. The van der Waals surface area contributed by atoms with E-state index in [1.165, 1.54) is 28.6 Å². The number of hydrogen-bond acceptors (Lipinski definition) is 5. The van der Waals surface area contributed by atoms with E-state index < -0.39 is 20.0 Å². The Balaban J connectivity index is 1.32. The highest BCUT2D eigenvalue weighted by atomic mass is 35.5. The molecule has 1 fully saturated rings. The van der Waals surface area contributed by atoms with Crippen LogP contribution in [0.2, 0.25) is 5.02 Å². The van der Waals surface area contributed by atoms with Crippen LogP contribution in [0, 0.1) is 12.8 Å². The summed E-state index contributed by atoms with van der Waals surface area (Å²) in [6.07, 6.45) is 0.824. The molecule has 8 nitrogen and oxygen atoms in total. The highest BCUT2D eigenvalue weighted by Gasteiger charge is 2.31. The first kappa shape index (κ1) is 27.1. The minimum Gasteiger partial charge on any atom is -0.326 e. The molecule has 1 aliphatic heterocycles. The minimum atomic E-state index is -3.84. The van der Waals surface area contributed by atoms with Crippen LogP contribution >= 0.6 is 11.6 Å². The first-order chi connectivity index (χ1) is 17.5. The molecule has 4 rings (SSSR count). The lowest BCUT2D eigenvalue weighted by molar-refractivity contribution is -0.120. The summed E-state index contributed by atoms with van der Waals surface area (Å²) in [5.41, 5.74) is 2.38. The van der Waals surface area contributed by atoms with E-state index in [9.17, 15) is 21.6 Å². The number of nitrogens with one attached hydrogen (secondary N) is 2. The van der Waals surface area contributed by atoms with E-state index in [0.29, 0.717) is 29.2 Å². The molecule has 0 saturated carbocycles. The summed E-state index contributed by atoms with van der Waals surface area (Å²) < 4.78 is 54.8. The normalized spacial score (nSPS) is 15.3. The first-order valence-corrected chi connectivity index (χ1v) is 15.2. The zero-order valence-corrected chi connectivity index (χ0v) is 22.6. The van der Waals surface area contributed by atoms with Gasteiger partial charge in [-0.15, -0.1) is 0 Å². The van der Waals surface area contributed by atoms with Crippen molar-refractivity contribution >= 4 is 48.9 Å². The third kappa shape index (κ3) is 6.89. The van der Waals surface area contributed by atoms with Crippen molar-refractivity contribution in [2.45, 2.75) is 30.4 Å². The van der Waals surface area contributed by atoms with Crippen molar-refractivity contribution in [2.75, 3.05) is 23.1 Å². The number of anilines is 2. The van der Waals surface area contributed by atoms with Crippen molar-refractivity contribution in [1.29, 1.82) is 0 Å². The molecule has 0 aliphatic carbocycles. The zero-order chi connectivity index (χ0) is 26.6. The fourth-order valence-corrected chi connectivity index (χ4v) is 6.90. The molecule has 1 heterocycles. The van der Waals surface area contributed by atoms with Gasteiger partial charge in [-0.2, -0.15) is 0 Å². The van der Waals surface area contributed by atoms with Gasteiger partial charge < -0.3 is 5.32 Å². The number of piperidine rings is 1. The van der Waals surface area contributed by atoms with Gasteiger partial charge in [0.25, 0.3) is 10.0 Å². The number of halogens is 1. The van der Waals surface area contributed by atoms with Crippen molar-refractivity contribution in [1.82, 2.24) is 4.31 Å². The SMILES string of the molecule is Cc1ccc(NS(=O)(=O)c2ccc(NC(=O)C3CCN(S(=O)(=O)Cc4ccccc4)CC3)cc2)cc1Cl. The van der Waals surface area contributed by atoms with E-state index in [1.54, 1.807) is 42.5 Å². The number of carbonyl (C=O) groups excluding carboxylic acids is 1. The predicted octanol–water partition coefficient (Wildman–Crippen LogP) is 4.63. The summed E-state index contributed by atoms with van der Waals surface area (Å²) in [5, 5.41) is 3.26. The fourth-order valence-electron chi connectivity index (χ4n) is 4.10. The Labute approximate surface area is 222 Å². The summed E-state index contributed by atoms with van der Waals surface area (Å²) in [6, 6.07) is 19.8. The Morgan fingerprint density at radius 3 is 2.16 bits per heavy atom. The zero-order valence-electron chi connectivity index (χ0n) is 20.2. The van der Waals surface area contributed by atoms with E-state index in [2.05, 4.69) is 10.0 Å². The largest absolute Gasteiger partial charge is 0.326 e. The molecular formula is C26H28ClN3O5S2. The van der Waals surface area contributed by atoms with Crippen molar-refractivity contribution < 1.29 is 21.6 Å².